The van der Waals surface area contributed by atoms with Crippen molar-refractivity contribution in [2.75, 3.05) is 16.8 Å². The molecule has 0 aliphatic carbocycles. The third-order valence-electron chi connectivity index (χ3n) is 3.04. The number of carbonyl (C=O) groups is 1. The van der Waals surface area contributed by atoms with Crippen molar-refractivity contribution in [3.8, 4) is 0 Å². The molecule has 2 rings (SSSR count). The van der Waals surface area contributed by atoms with Gasteiger partial charge in [0.15, 0.2) is 0 Å². The average Bonchev–Trinajstić information content (AvgIpc) is 2.62. The minimum atomic E-state index is -0.406. The number of aromatic nitrogens is 2. The Labute approximate surface area is 126 Å². The summed E-state index contributed by atoms with van der Waals surface area (Å²) in [5.74, 6) is -0.393. The molecule has 0 atom stereocenters. The highest BCUT2D eigenvalue weighted by molar-refractivity contribution is 8.00. The molecule has 1 heterocycles. The molecule has 0 aliphatic heterocycles. The van der Waals surface area contributed by atoms with E-state index in [2.05, 4.69) is 10.4 Å². The first-order valence-electron chi connectivity index (χ1n) is 6.35. The van der Waals surface area contributed by atoms with E-state index in [4.69, 9.17) is 5.73 Å². The summed E-state index contributed by atoms with van der Waals surface area (Å²) in [6.45, 7) is 3.72. The lowest BCUT2D eigenvalue weighted by Gasteiger charge is -2.06. The van der Waals surface area contributed by atoms with Crippen molar-refractivity contribution in [1.29, 1.82) is 0 Å². The molecule has 0 radical (unpaired) electrons. The van der Waals surface area contributed by atoms with Crippen LogP contribution in [0, 0.1) is 19.7 Å². The quantitative estimate of drug-likeness (QED) is 0.672. The minimum absolute atomic E-state index is 0.165. The molecule has 0 saturated heterocycles. The summed E-state index contributed by atoms with van der Waals surface area (Å²) in [4.78, 5) is 12.6. The Morgan fingerprint density at radius 3 is 2.71 bits per heavy atom. The van der Waals surface area contributed by atoms with Crippen LogP contribution in [-0.4, -0.2) is 21.4 Å². The second-order valence-corrected chi connectivity index (χ2v) is 5.78. The summed E-state index contributed by atoms with van der Waals surface area (Å²) in [6, 6.07) is 4.24. The molecule has 112 valence electrons. The second-order valence-electron chi connectivity index (χ2n) is 4.73. The van der Waals surface area contributed by atoms with Crippen molar-refractivity contribution in [2.24, 2.45) is 7.05 Å². The maximum absolute atomic E-state index is 13.2. The lowest BCUT2D eigenvalue weighted by atomic mass is 10.3. The molecule has 3 N–H and O–H groups in total. The lowest BCUT2D eigenvalue weighted by Crippen LogP contribution is -2.15. The van der Waals surface area contributed by atoms with Gasteiger partial charge in [0.25, 0.3) is 0 Å². The Balaban J connectivity index is 1.99. The molecule has 0 aliphatic rings. The van der Waals surface area contributed by atoms with Gasteiger partial charge >= 0.3 is 0 Å². The first-order valence-corrected chi connectivity index (χ1v) is 7.34. The number of carbonyl (C=O) groups excluding carboxylic acids is 1. The van der Waals surface area contributed by atoms with Gasteiger partial charge in [-0.15, -0.1) is 11.8 Å². The van der Waals surface area contributed by atoms with E-state index in [1.807, 2.05) is 20.9 Å². The van der Waals surface area contributed by atoms with Crippen molar-refractivity contribution < 1.29 is 9.18 Å². The molecule has 0 unspecified atom stereocenters. The minimum Gasteiger partial charge on any atom is -0.399 e. The summed E-state index contributed by atoms with van der Waals surface area (Å²) < 4.78 is 14.9. The van der Waals surface area contributed by atoms with Crippen LogP contribution in [0.25, 0.3) is 0 Å². The van der Waals surface area contributed by atoms with E-state index in [-0.39, 0.29) is 11.7 Å². The van der Waals surface area contributed by atoms with Gasteiger partial charge in [-0.1, -0.05) is 0 Å². The standard InChI is InChI=1S/C14H17FN4OS/c1-8-14(9(2)19(3)18-8)17-13(20)7-21-12-5-10(15)4-11(16)6-12/h4-6H,7,16H2,1-3H3,(H,17,20). The summed E-state index contributed by atoms with van der Waals surface area (Å²) in [7, 11) is 1.82. The number of hydrogen-bond acceptors (Lipinski definition) is 4. The Morgan fingerprint density at radius 2 is 2.14 bits per heavy atom. The van der Waals surface area contributed by atoms with Gasteiger partial charge in [-0.25, -0.2) is 4.39 Å². The Bertz CT molecular complexity index is 664. The smallest absolute Gasteiger partial charge is 0.234 e. The molecule has 1 aromatic heterocycles. The summed E-state index contributed by atoms with van der Waals surface area (Å²) >= 11 is 1.24. The number of halogens is 1. The van der Waals surface area contributed by atoms with Crippen LogP contribution in [0.4, 0.5) is 15.8 Å². The summed E-state index contributed by atoms with van der Waals surface area (Å²) in [6.07, 6.45) is 0. The molecular weight excluding hydrogens is 291 g/mol. The van der Waals surface area contributed by atoms with Gasteiger partial charge in [0.2, 0.25) is 5.91 Å². The van der Waals surface area contributed by atoms with Gasteiger partial charge < -0.3 is 11.1 Å². The maximum Gasteiger partial charge on any atom is 0.234 e. The van der Waals surface area contributed by atoms with E-state index in [0.717, 1.165) is 17.1 Å². The molecule has 1 amide bonds. The zero-order valence-corrected chi connectivity index (χ0v) is 12.9. The van der Waals surface area contributed by atoms with Crippen LogP contribution in [-0.2, 0) is 11.8 Å². The van der Waals surface area contributed by atoms with Gasteiger partial charge in [0, 0.05) is 17.6 Å². The van der Waals surface area contributed by atoms with E-state index < -0.39 is 5.82 Å². The Morgan fingerprint density at radius 1 is 1.43 bits per heavy atom. The highest BCUT2D eigenvalue weighted by Gasteiger charge is 2.12. The number of nitrogens with zero attached hydrogens (tertiary/aromatic N) is 2. The first kappa shape index (κ1) is 15.4. The zero-order valence-electron chi connectivity index (χ0n) is 12.1. The van der Waals surface area contributed by atoms with Crippen LogP contribution < -0.4 is 11.1 Å². The van der Waals surface area contributed by atoms with Crippen molar-refractivity contribution in [2.45, 2.75) is 18.7 Å². The monoisotopic (exact) mass is 308 g/mol. The van der Waals surface area contributed by atoms with Gasteiger partial charge in [-0.3, -0.25) is 9.48 Å². The number of anilines is 2. The Hall–Kier alpha value is -2.02. The van der Waals surface area contributed by atoms with Gasteiger partial charge in [-0.2, -0.15) is 5.10 Å². The molecule has 21 heavy (non-hydrogen) atoms. The van der Waals surface area contributed by atoms with E-state index in [1.54, 1.807) is 10.7 Å². The summed E-state index contributed by atoms with van der Waals surface area (Å²) in [5.41, 5.74) is 8.29. The number of nitrogens with one attached hydrogen (secondary N) is 1. The highest BCUT2D eigenvalue weighted by Crippen LogP contribution is 2.23. The van der Waals surface area contributed by atoms with Crippen molar-refractivity contribution >= 4 is 29.0 Å². The molecule has 5 nitrogen and oxygen atoms in total. The van der Waals surface area contributed by atoms with E-state index in [0.29, 0.717) is 10.6 Å². The number of aryl methyl sites for hydroxylation is 2. The van der Waals surface area contributed by atoms with Crippen LogP contribution in [0.2, 0.25) is 0 Å². The fourth-order valence-corrected chi connectivity index (χ4v) is 2.73. The maximum atomic E-state index is 13.2. The largest absolute Gasteiger partial charge is 0.399 e. The predicted molar refractivity (Wildman–Crippen MR) is 82.8 cm³/mol. The van der Waals surface area contributed by atoms with Crippen molar-refractivity contribution in [3.05, 3.63) is 35.4 Å². The molecule has 1 aromatic carbocycles. The number of nitrogens with two attached hydrogens (primary N) is 1. The van der Waals surface area contributed by atoms with Crippen LogP contribution in [0.5, 0.6) is 0 Å². The SMILES string of the molecule is Cc1nn(C)c(C)c1NC(=O)CSc1cc(N)cc(F)c1. The lowest BCUT2D eigenvalue weighted by molar-refractivity contribution is -0.113. The average molecular weight is 308 g/mol. The molecule has 2 aromatic rings. The molecule has 7 heteroatoms. The van der Waals surface area contributed by atoms with Crippen molar-refractivity contribution in [1.82, 2.24) is 9.78 Å². The number of benzene rings is 1. The van der Waals surface area contributed by atoms with Crippen LogP contribution >= 0.6 is 11.8 Å². The van der Waals surface area contributed by atoms with Crippen molar-refractivity contribution in [3.63, 3.8) is 0 Å². The van der Waals surface area contributed by atoms with E-state index >= 15 is 0 Å². The van der Waals surface area contributed by atoms with E-state index in [1.165, 1.54) is 23.9 Å². The van der Waals surface area contributed by atoms with Gasteiger partial charge in [0.1, 0.15) is 5.82 Å². The number of thioether (sulfide) groups is 1. The summed E-state index contributed by atoms with van der Waals surface area (Å²) in [5, 5.41) is 7.06. The second kappa shape index (κ2) is 6.17. The number of hydrogen-bond donors (Lipinski definition) is 2. The predicted octanol–water partition coefficient (Wildman–Crippen LogP) is 2.49. The van der Waals surface area contributed by atoms with Crippen LogP contribution in [0.1, 0.15) is 11.4 Å². The topological polar surface area (TPSA) is 72.9 Å². The normalized spacial score (nSPS) is 10.7. The van der Waals surface area contributed by atoms with Crippen LogP contribution in [0.3, 0.4) is 0 Å². The van der Waals surface area contributed by atoms with E-state index in [9.17, 15) is 9.18 Å². The number of nitrogen functional groups attached to an aromatic ring is 1. The zero-order chi connectivity index (χ0) is 15.6. The molecule has 0 spiro atoms. The first-order chi connectivity index (χ1) is 9.86. The molecule has 0 bridgehead atoms. The highest BCUT2D eigenvalue weighted by atomic mass is 32.2. The fourth-order valence-electron chi connectivity index (χ4n) is 1.95. The Kier molecular flexibility index (Phi) is 4.52. The van der Waals surface area contributed by atoms with Crippen LogP contribution in [0.15, 0.2) is 23.1 Å². The third kappa shape index (κ3) is 3.75. The molecule has 0 fully saturated rings. The third-order valence-corrected chi connectivity index (χ3v) is 4.01. The fraction of sp³-hybridized carbons (Fsp3) is 0.286. The van der Waals surface area contributed by atoms with Gasteiger partial charge in [-0.05, 0) is 32.0 Å². The number of rotatable bonds is 4. The molecule has 0 saturated carbocycles. The number of amides is 1. The van der Waals surface area contributed by atoms with Gasteiger partial charge in [0.05, 0.1) is 22.8 Å². The molecular formula is C14H17FN4OS.